The third-order valence-electron chi connectivity index (χ3n) is 4.87. The molecule has 0 N–H and O–H groups in total. The number of benzene rings is 1. The minimum atomic E-state index is 0.143. The smallest absolute Gasteiger partial charge is 0.166 e. The quantitative estimate of drug-likeness (QED) is 0.650. The van der Waals surface area contributed by atoms with Gasteiger partial charge in [-0.05, 0) is 37.3 Å². The van der Waals surface area contributed by atoms with Crippen LogP contribution in [0.5, 0.6) is 0 Å². The molecule has 1 aromatic carbocycles. The fraction of sp³-hybridized carbons (Fsp3) is 0.300. The van der Waals surface area contributed by atoms with Crippen LogP contribution in [0.25, 0.3) is 10.2 Å². The average molecular weight is 336 g/mol. The molecule has 0 amide bonds. The third-order valence-corrected chi connectivity index (χ3v) is 5.79. The predicted octanol–water partition coefficient (Wildman–Crippen LogP) is 4.70. The number of rotatable bonds is 3. The summed E-state index contributed by atoms with van der Waals surface area (Å²) in [7, 11) is 0. The number of fused-ring (bicyclic) bond motifs is 1. The number of ketones is 1. The van der Waals surface area contributed by atoms with Crippen molar-refractivity contribution in [2.45, 2.75) is 19.8 Å². The minimum Gasteiger partial charge on any atom is -0.370 e. The van der Waals surface area contributed by atoms with E-state index in [1.54, 1.807) is 11.3 Å². The van der Waals surface area contributed by atoms with Gasteiger partial charge in [0.05, 0.1) is 15.9 Å². The van der Waals surface area contributed by atoms with E-state index in [0.29, 0.717) is 5.78 Å². The lowest BCUT2D eigenvalue weighted by Crippen LogP contribution is -2.36. The summed E-state index contributed by atoms with van der Waals surface area (Å²) in [5.41, 5.74) is 4.37. The highest BCUT2D eigenvalue weighted by Crippen LogP contribution is 2.33. The molecule has 1 aliphatic rings. The Morgan fingerprint density at radius 2 is 1.88 bits per heavy atom. The fourth-order valence-corrected chi connectivity index (χ4v) is 4.34. The first-order valence-electron chi connectivity index (χ1n) is 8.40. The Balaban J connectivity index is 1.48. The Bertz CT molecular complexity index is 861. The molecule has 1 aliphatic heterocycles. The van der Waals surface area contributed by atoms with E-state index < -0.39 is 0 Å². The molecule has 24 heavy (non-hydrogen) atoms. The van der Waals surface area contributed by atoms with Gasteiger partial charge in [0, 0.05) is 30.8 Å². The number of hydrogen-bond donors (Lipinski definition) is 0. The Morgan fingerprint density at radius 1 is 1.12 bits per heavy atom. The number of thiophene rings is 1. The van der Waals surface area contributed by atoms with Crippen LogP contribution in [-0.2, 0) is 0 Å². The minimum absolute atomic E-state index is 0.143. The lowest BCUT2D eigenvalue weighted by atomic mass is 9.88. The summed E-state index contributed by atoms with van der Waals surface area (Å²) >= 11 is 1.74. The van der Waals surface area contributed by atoms with Crippen LogP contribution in [0.15, 0.2) is 48.0 Å². The van der Waals surface area contributed by atoms with Crippen LogP contribution in [0.4, 0.5) is 5.69 Å². The second kappa shape index (κ2) is 6.36. The van der Waals surface area contributed by atoms with E-state index in [2.05, 4.69) is 27.4 Å². The summed E-state index contributed by atoms with van der Waals surface area (Å²) in [6.07, 6.45) is 3.72. The van der Waals surface area contributed by atoms with Gasteiger partial charge in [-0.15, -0.1) is 11.3 Å². The van der Waals surface area contributed by atoms with E-state index in [-0.39, 0.29) is 5.92 Å². The largest absolute Gasteiger partial charge is 0.370 e. The molecule has 1 fully saturated rings. The second-order valence-electron chi connectivity index (χ2n) is 6.46. The maximum absolute atomic E-state index is 12.7. The number of hydrogen-bond acceptors (Lipinski definition) is 4. The number of carbonyl (C=O) groups is 1. The Hall–Kier alpha value is -2.20. The molecule has 0 spiro atoms. The van der Waals surface area contributed by atoms with Crippen LogP contribution in [0.1, 0.15) is 28.8 Å². The summed E-state index contributed by atoms with van der Waals surface area (Å²) in [5.74, 6) is 0.440. The molecule has 1 saturated heterocycles. The summed E-state index contributed by atoms with van der Waals surface area (Å²) in [6.45, 7) is 3.91. The van der Waals surface area contributed by atoms with Crippen molar-refractivity contribution < 1.29 is 4.79 Å². The first kappa shape index (κ1) is 15.3. The van der Waals surface area contributed by atoms with Gasteiger partial charge in [0.2, 0.25) is 0 Å². The van der Waals surface area contributed by atoms with Crippen molar-refractivity contribution in [3.63, 3.8) is 0 Å². The molecule has 3 nitrogen and oxygen atoms in total. The highest BCUT2D eigenvalue weighted by atomic mass is 32.1. The maximum atomic E-state index is 12.7. The van der Waals surface area contributed by atoms with Crippen molar-refractivity contribution >= 4 is 33.0 Å². The number of Topliss-reactive ketones (excluding diaryl/α,β-unsaturated/α-hetero) is 1. The van der Waals surface area contributed by atoms with Gasteiger partial charge in [0.15, 0.2) is 5.78 Å². The second-order valence-corrected chi connectivity index (χ2v) is 7.37. The molecule has 3 aromatic rings. The van der Waals surface area contributed by atoms with Crippen molar-refractivity contribution in [1.29, 1.82) is 0 Å². The zero-order chi connectivity index (χ0) is 16.5. The van der Waals surface area contributed by atoms with Gasteiger partial charge < -0.3 is 4.90 Å². The van der Waals surface area contributed by atoms with Crippen molar-refractivity contribution in [3.8, 4) is 0 Å². The topological polar surface area (TPSA) is 33.2 Å². The fourth-order valence-electron chi connectivity index (χ4n) is 3.44. The predicted molar refractivity (Wildman–Crippen MR) is 100 cm³/mol. The van der Waals surface area contributed by atoms with E-state index >= 15 is 0 Å². The van der Waals surface area contributed by atoms with Crippen molar-refractivity contribution in [1.82, 2.24) is 4.98 Å². The highest BCUT2D eigenvalue weighted by molar-refractivity contribution is 7.17. The molecular weight excluding hydrogens is 316 g/mol. The number of aromatic nitrogens is 1. The summed E-state index contributed by atoms with van der Waals surface area (Å²) < 4.78 is 1.25. The lowest BCUT2D eigenvalue weighted by molar-refractivity contribution is 0.0900. The molecule has 0 aliphatic carbocycles. The van der Waals surface area contributed by atoms with E-state index in [0.717, 1.165) is 37.0 Å². The van der Waals surface area contributed by atoms with Crippen LogP contribution in [0, 0.1) is 12.8 Å². The van der Waals surface area contributed by atoms with E-state index in [4.69, 9.17) is 0 Å². The van der Waals surface area contributed by atoms with Gasteiger partial charge in [0.25, 0.3) is 0 Å². The van der Waals surface area contributed by atoms with Crippen LogP contribution < -0.4 is 4.90 Å². The van der Waals surface area contributed by atoms with Gasteiger partial charge in [-0.3, -0.25) is 9.78 Å². The first-order chi connectivity index (χ1) is 11.7. The molecule has 0 bridgehead atoms. The number of anilines is 1. The van der Waals surface area contributed by atoms with Gasteiger partial charge >= 0.3 is 0 Å². The van der Waals surface area contributed by atoms with Crippen LogP contribution in [0.3, 0.4) is 0 Å². The van der Waals surface area contributed by atoms with Crippen molar-refractivity contribution in [3.05, 3.63) is 59.1 Å². The highest BCUT2D eigenvalue weighted by Gasteiger charge is 2.26. The zero-order valence-electron chi connectivity index (χ0n) is 13.7. The molecular formula is C20H20N2OS. The van der Waals surface area contributed by atoms with Crippen LogP contribution in [0.2, 0.25) is 0 Å². The van der Waals surface area contributed by atoms with E-state index in [1.165, 1.54) is 16.0 Å². The number of carbonyl (C=O) groups excluding carboxylic acids is 1. The number of nitrogens with zero attached hydrogens (tertiary/aromatic N) is 2. The molecule has 4 rings (SSSR count). The first-order valence-corrected chi connectivity index (χ1v) is 9.28. The van der Waals surface area contributed by atoms with Gasteiger partial charge in [-0.25, -0.2) is 0 Å². The molecule has 0 radical (unpaired) electrons. The number of piperidine rings is 1. The van der Waals surface area contributed by atoms with Crippen molar-refractivity contribution in [2.75, 3.05) is 18.0 Å². The summed E-state index contributed by atoms with van der Waals surface area (Å²) in [6, 6.07) is 12.1. The SMILES string of the molecule is Cc1ccc(C(=O)C2CCN(c3ccnc4ccsc34)CC2)cc1. The standard InChI is InChI=1S/C20H20N2OS/c1-14-2-4-15(5-3-14)19(23)16-7-11-22(12-8-16)18-6-10-21-17-9-13-24-20(17)18/h2-6,9-10,13,16H,7-8,11-12H2,1H3. The van der Waals surface area contributed by atoms with Crippen molar-refractivity contribution in [2.24, 2.45) is 5.92 Å². The van der Waals surface area contributed by atoms with Gasteiger partial charge in [-0.1, -0.05) is 29.8 Å². The zero-order valence-corrected chi connectivity index (χ0v) is 14.6. The molecule has 2 aromatic heterocycles. The third kappa shape index (κ3) is 2.82. The van der Waals surface area contributed by atoms with E-state index in [9.17, 15) is 4.79 Å². The monoisotopic (exact) mass is 336 g/mol. The Kier molecular flexibility index (Phi) is 4.07. The Morgan fingerprint density at radius 3 is 2.62 bits per heavy atom. The molecule has 0 atom stereocenters. The summed E-state index contributed by atoms with van der Waals surface area (Å²) in [4.78, 5) is 19.5. The molecule has 0 saturated carbocycles. The molecule has 4 heteroatoms. The van der Waals surface area contributed by atoms with Crippen LogP contribution in [-0.4, -0.2) is 23.9 Å². The van der Waals surface area contributed by atoms with E-state index in [1.807, 2.05) is 37.4 Å². The number of aryl methyl sites for hydroxylation is 1. The Labute approximate surface area is 146 Å². The maximum Gasteiger partial charge on any atom is 0.166 e. The lowest BCUT2D eigenvalue weighted by Gasteiger charge is -2.33. The molecule has 3 heterocycles. The average Bonchev–Trinajstić information content (AvgIpc) is 3.11. The summed E-state index contributed by atoms with van der Waals surface area (Å²) in [5, 5.41) is 2.09. The molecule has 122 valence electrons. The van der Waals surface area contributed by atoms with Gasteiger partial charge in [-0.2, -0.15) is 0 Å². The van der Waals surface area contributed by atoms with Crippen LogP contribution >= 0.6 is 11.3 Å². The number of pyridine rings is 1. The normalized spacial score (nSPS) is 15.8. The van der Waals surface area contributed by atoms with Gasteiger partial charge in [0.1, 0.15) is 0 Å². The molecule has 0 unspecified atom stereocenters.